The molecule has 2 heterocycles. The number of benzene rings is 1. The summed E-state index contributed by atoms with van der Waals surface area (Å²) >= 11 is 0. The Bertz CT molecular complexity index is 1100. The summed E-state index contributed by atoms with van der Waals surface area (Å²) in [6.45, 7) is 8.35. The Labute approximate surface area is 175 Å². The number of rotatable bonds is 5. The third kappa shape index (κ3) is 4.81. The molecule has 0 fully saturated rings. The van der Waals surface area contributed by atoms with Crippen LogP contribution >= 0.6 is 0 Å². The van der Waals surface area contributed by atoms with E-state index in [2.05, 4.69) is 57.4 Å². The number of aryl methyl sites for hydroxylation is 3. The van der Waals surface area contributed by atoms with Crippen LogP contribution in [-0.2, 0) is 16.1 Å². The number of nitrogens with zero attached hydrogens (tertiary/aromatic N) is 3. The number of carbonyl (C=O) groups is 2. The zero-order valence-corrected chi connectivity index (χ0v) is 17.6. The van der Waals surface area contributed by atoms with E-state index in [9.17, 15) is 9.59 Å². The highest BCUT2D eigenvalue weighted by atomic mass is 16.2. The summed E-state index contributed by atoms with van der Waals surface area (Å²) in [6, 6.07) is 13.7. The van der Waals surface area contributed by atoms with Gasteiger partial charge < -0.3 is 9.88 Å². The van der Waals surface area contributed by atoms with Gasteiger partial charge in [0.05, 0.1) is 18.5 Å². The van der Waals surface area contributed by atoms with E-state index in [4.69, 9.17) is 0 Å². The van der Waals surface area contributed by atoms with Gasteiger partial charge in [-0.15, -0.1) is 0 Å². The molecule has 154 valence electrons. The molecule has 0 saturated carbocycles. The van der Waals surface area contributed by atoms with Crippen molar-refractivity contribution in [1.82, 2.24) is 20.3 Å². The minimum absolute atomic E-state index is 0.175. The molecule has 2 N–H and O–H groups in total. The lowest BCUT2D eigenvalue weighted by Gasteiger charge is -2.11. The highest BCUT2D eigenvalue weighted by Gasteiger charge is 2.13. The fourth-order valence-corrected chi connectivity index (χ4v) is 3.15. The number of aromatic nitrogens is 2. The summed E-state index contributed by atoms with van der Waals surface area (Å²) in [5.74, 6) is -1.59. The topological polar surface area (TPSA) is 88.4 Å². The zero-order chi connectivity index (χ0) is 21.7. The van der Waals surface area contributed by atoms with E-state index in [1.807, 2.05) is 26.0 Å². The van der Waals surface area contributed by atoms with Crippen LogP contribution < -0.4 is 10.7 Å². The molecule has 30 heavy (non-hydrogen) atoms. The Morgan fingerprint density at radius 3 is 2.53 bits per heavy atom. The van der Waals surface area contributed by atoms with Crippen LogP contribution in [0.1, 0.15) is 33.8 Å². The Morgan fingerprint density at radius 1 is 1.03 bits per heavy atom. The standard InChI is InChI=1S/C23H25N5O2/c1-15-8-9-21(11-16(15)2)28-17(3)12-19(18(28)4)13-26-27-23(30)22(29)25-14-20-7-5-6-10-24-20/h5-13H,14H2,1-4H3,(H,25,29)(H,27,30)/b26-13-. The monoisotopic (exact) mass is 403 g/mol. The maximum atomic E-state index is 11.9. The quantitative estimate of drug-likeness (QED) is 0.390. The van der Waals surface area contributed by atoms with Gasteiger partial charge in [0.1, 0.15) is 0 Å². The van der Waals surface area contributed by atoms with Crippen molar-refractivity contribution in [1.29, 1.82) is 0 Å². The van der Waals surface area contributed by atoms with Crippen molar-refractivity contribution >= 4 is 18.0 Å². The summed E-state index contributed by atoms with van der Waals surface area (Å²) in [5.41, 5.74) is 9.38. The molecule has 0 unspecified atom stereocenters. The maximum absolute atomic E-state index is 11.9. The van der Waals surface area contributed by atoms with Crippen LogP contribution in [0.2, 0.25) is 0 Å². The molecule has 3 aromatic rings. The predicted octanol–water partition coefficient (Wildman–Crippen LogP) is 2.87. The van der Waals surface area contributed by atoms with E-state index < -0.39 is 11.8 Å². The minimum atomic E-state index is -0.829. The second-order valence-corrected chi connectivity index (χ2v) is 7.13. The van der Waals surface area contributed by atoms with Gasteiger partial charge in [-0.25, -0.2) is 5.43 Å². The van der Waals surface area contributed by atoms with Crippen molar-refractivity contribution in [2.45, 2.75) is 34.2 Å². The van der Waals surface area contributed by atoms with Gasteiger partial charge in [-0.05, 0) is 69.2 Å². The van der Waals surface area contributed by atoms with Crippen LogP contribution in [0.3, 0.4) is 0 Å². The van der Waals surface area contributed by atoms with E-state index in [-0.39, 0.29) is 6.54 Å². The second kappa shape index (κ2) is 9.17. The number of amides is 2. The fourth-order valence-electron chi connectivity index (χ4n) is 3.15. The molecule has 0 spiro atoms. The Kier molecular flexibility index (Phi) is 6.41. The molecule has 0 radical (unpaired) electrons. The Morgan fingerprint density at radius 2 is 1.83 bits per heavy atom. The molecule has 0 aliphatic carbocycles. The SMILES string of the molecule is Cc1ccc(-n2c(C)cc(/C=N\NC(=O)C(=O)NCc3ccccn3)c2C)cc1C. The molecule has 0 saturated heterocycles. The molecule has 3 rings (SSSR count). The maximum Gasteiger partial charge on any atom is 0.329 e. The number of hydrogen-bond acceptors (Lipinski definition) is 4. The number of carbonyl (C=O) groups excluding carboxylic acids is 2. The number of nitrogens with one attached hydrogen (secondary N) is 2. The zero-order valence-electron chi connectivity index (χ0n) is 17.6. The molecule has 0 aliphatic rings. The fraction of sp³-hybridized carbons (Fsp3) is 0.217. The van der Waals surface area contributed by atoms with Gasteiger partial charge in [-0.3, -0.25) is 14.6 Å². The molecule has 7 heteroatoms. The van der Waals surface area contributed by atoms with Gasteiger partial charge in [0, 0.05) is 28.8 Å². The van der Waals surface area contributed by atoms with Crippen LogP contribution in [0.25, 0.3) is 5.69 Å². The van der Waals surface area contributed by atoms with E-state index in [1.165, 1.54) is 11.1 Å². The van der Waals surface area contributed by atoms with Crippen molar-refractivity contribution in [3.05, 3.63) is 82.4 Å². The van der Waals surface area contributed by atoms with Crippen LogP contribution in [0.15, 0.2) is 53.8 Å². The second-order valence-electron chi connectivity index (χ2n) is 7.13. The molecule has 0 aliphatic heterocycles. The van der Waals surface area contributed by atoms with Gasteiger partial charge >= 0.3 is 11.8 Å². The van der Waals surface area contributed by atoms with Crippen molar-refractivity contribution in [2.75, 3.05) is 0 Å². The Hall–Kier alpha value is -3.74. The minimum Gasteiger partial charge on any atom is -0.342 e. The van der Waals surface area contributed by atoms with Gasteiger partial charge in [-0.1, -0.05) is 12.1 Å². The molecule has 2 amide bonds. The lowest BCUT2D eigenvalue weighted by Crippen LogP contribution is -2.37. The number of hydrogen-bond donors (Lipinski definition) is 2. The van der Waals surface area contributed by atoms with Gasteiger partial charge in [0.25, 0.3) is 0 Å². The van der Waals surface area contributed by atoms with E-state index in [0.717, 1.165) is 22.6 Å². The van der Waals surface area contributed by atoms with Gasteiger partial charge in [0.2, 0.25) is 0 Å². The molecule has 2 aromatic heterocycles. The van der Waals surface area contributed by atoms with Crippen molar-refractivity contribution in [3.63, 3.8) is 0 Å². The average molecular weight is 403 g/mol. The first kappa shape index (κ1) is 21.0. The van der Waals surface area contributed by atoms with E-state index in [1.54, 1.807) is 24.5 Å². The highest BCUT2D eigenvalue weighted by molar-refractivity contribution is 6.35. The number of pyridine rings is 1. The summed E-state index contributed by atoms with van der Waals surface area (Å²) in [4.78, 5) is 27.9. The lowest BCUT2D eigenvalue weighted by molar-refractivity contribution is -0.139. The molecular formula is C23H25N5O2. The molecular weight excluding hydrogens is 378 g/mol. The van der Waals surface area contributed by atoms with Gasteiger partial charge in [0.15, 0.2) is 0 Å². The normalized spacial score (nSPS) is 10.9. The molecule has 7 nitrogen and oxygen atoms in total. The summed E-state index contributed by atoms with van der Waals surface area (Å²) in [5, 5.41) is 6.46. The Balaban J connectivity index is 1.64. The van der Waals surface area contributed by atoms with Crippen molar-refractivity contribution in [2.24, 2.45) is 5.10 Å². The first-order valence-corrected chi connectivity index (χ1v) is 9.64. The van der Waals surface area contributed by atoms with Crippen LogP contribution in [0.4, 0.5) is 0 Å². The molecule has 0 atom stereocenters. The third-order valence-electron chi connectivity index (χ3n) is 4.95. The van der Waals surface area contributed by atoms with Gasteiger partial charge in [-0.2, -0.15) is 5.10 Å². The lowest BCUT2D eigenvalue weighted by atomic mass is 10.1. The van der Waals surface area contributed by atoms with Crippen molar-refractivity contribution < 1.29 is 9.59 Å². The molecule has 1 aromatic carbocycles. The first-order valence-electron chi connectivity index (χ1n) is 9.64. The van der Waals surface area contributed by atoms with Crippen LogP contribution in [0.5, 0.6) is 0 Å². The first-order chi connectivity index (χ1) is 14.4. The predicted molar refractivity (Wildman–Crippen MR) is 117 cm³/mol. The molecule has 0 bridgehead atoms. The van der Waals surface area contributed by atoms with E-state index in [0.29, 0.717) is 5.69 Å². The smallest absolute Gasteiger partial charge is 0.329 e. The van der Waals surface area contributed by atoms with Crippen LogP contribution in [0, 0.1) is 27.7 Å². The highest BCUT2D eigenvalue weighted by Crippen LogP contribution is 2.21. The average Bonchev–Trinajstić information content (AvgIpc) is 3.02. The van der Waals surface area contributed by atoms with Crippen molar-refractivity contribution in [3.8, 4) is 5.69 Å². The third-order valence-corrected chi connectivity index (χ3v) is 4.95. The summed E-state index contributed by atoms with van der Waals surface area (Å²) in [7, 11) is 0. The largest absolute Gasteiger partial charge is 0.342 e. The van der Waals surface area contributed by atoms with Crippen LogP contribution in [-0.4, -0.2) is 27.6 Å². The summed E-state index contributed by atoms with van der Waals surface area (Å²) < 4.78 is 2.13. The summed E-state index contributed by atoms with van der Waals surface area (Å²) in [6.07, 6.45) is 3.17. The van der Waals surface area contributed by atoms with E-state index >= 15 is 0 Å². The number of hydrazone groups is 1.